The number of nitrogens with zero attached hydrogens (tertiary/aromatic N) is 1. The molecule has 2 atom stereocenters. The van der Waals surface area contributed by atoms with Crippen molar-refractivity contribution in [2.75, 3.05) is 13.7 Å². The summed E-state index contributed by atoms with van der Waals surface area (Å²) in [5.74, 6) is -0.769. The predicted octanol–water partition coefficient (Wildman–Crippen LogP) is 1.66. The van der Waals surface area contributed by atoms with Gasteiger partial charge in [-0.3, -0.25) is 9.59 Å². The van der Waals surface area contributed by atoms with Gasteiger partial charge < -0.3 is 14.7 Å². The molecule has 18 heavy (non-hydrogen) atoms. The Morgan fingerprint density at radius 1 is 1.44 bits per heavy atom. The fraction of sp³-hybridized carbons (Fsp3) is 0.846. The molecule has 0 aromatic rings. The van der Waals surface area contributed by atoms with E-state index in [1.54, 1.807) is 12.0 Å². The molecule has 1 saturated heterocycles. The fourth-order valence-corrected chi connectivity index (χ4v) is 2.33. The number of carboxylic acids is 1. The predicted molar refractivity (Wildman–Crippen MR) is 67.3 cm³/mol. The Hall–Kier alpha value is -1.10. The lowest BCUT2D eigenvalue weighted by Crippen LogP contribution is -2.44. The molecule has 0 aromatic carbocycles. The summed E-state index contributed by atoms with van der Waals surface area (Å²) in [5, 5.41) is 8.86. The number of amides is 1. The number of rotatable bonds is 6. The topological polar surface area (TPSA) is 66.8 Å². The Kier molecular flexibility index (Phi) is 6.12. The highest BCUT2D eigenvalue weighted by Gasteiger charge is 2.28. The number of carbonyl (C=O) groups is 2. The van der Waals surface area contributed by atoms with Gasteiger partial charge in [-0.15, -0.1) is 0 Å². The van der Waals surface area contributed by atoms with E-state index in [0.29, 0.717) is 19.4 Å². The van der Waals surface area contributed by atoms with Gasteiger partial charge in [-0.05, 0) is 32.6 Å². The van der Waals surface area contributed by atoms with E-state index in [4.69, 9.17) is 9.84 Å². The van der Waals surface area contributed by atoms with Gasteiger partial charge in [-0.25, -0.2) is 0 Å². The number of hydrogen-bond donors (Lipinski definition) is 1. The standard InChI is InChI=1S/C13H23NO4/c1-10(18-2)6-7-12(15)14-8-4-3-5-11(14)9-13(16)17/h10-11H,3-9H2,1-2H3,(H,16,17). The second kappa shape index (κ2) is 7.36. The molecule has 0 radical (unpaired) electrons. The molecule has 1 heterocycles. The van der Waals surface area contributed by atoms with Gasteiger partial charge in [0, 0.05) is 26.1 Å². The minimum Gasteiger partial charge on any atom is -0.481 e. The van der Waals surface area contributed by atoms with E-state index >= 15 is 0 Å². The molecule has 1 rings (SSSR count). The van der Waals surface area contributed by atoms with Crippen molar-refractivity contribution in [1.29, 1.82) is 0 Å². The van der Waals surface area contributed by atoms with Crippen LogP contribution in [0.5, 0.6) is 0 Å². The first-order chi connectivity index (χ1) is 8.54. The molecule has 0 bridgehead atoms. The normalized spacial score (nSPS) is 21.7. The smallest absolute Gasteiger partial charge is 0.305 e. The van der Waals surface area contributed by atoms with Gasteiger partial charge >= 0.3 is 5.97 Å². The van der Waals surface area contributed by atoms with Crippen molar-refractivity contribution in [3.8, 4) is 0 Å². The van der Waals surface area contributed by atoms with Crippen LogP contribution in [0.3, 0.4) is 0 Å². The van der Waals surface area contributed by atoms with E-state index in [2.05, 4.69) is 0 Å². The molecule has 1 fully saturated rings. The lowest BCUT2D eigenvalue weighted by molar-refractivity contribution is -0.142. The van der Waals surface area contributed by atoms with Crippen LogP contribution in [0.25, 0.3) is 0 Å². The number of methoxy groups -OCH3 is 1. The zero-order valence-corrected chi connectivity index (χ0v) is 11.2. The van der Waals surface area contributed by atoms with Gasteiger partial charge in [0.2, 0.25) is 5.91 Å². The fourth-order valence-electron chi connectivity index (χ4n) is 2.33. The zero-order valence-electron chi connectivity index (χ0n) is 11.2. The van der Waals surface area contributed by atoms with Crippen LogP contribution in [-0.4, -0.2) is 47.7 Å². The summed E-state index contributed by atoms with van der Waals surface area (Å²) >= 11 is 0. The van der Waals surface area contributed by atoms with E-state index < -0.39 is 5.97 Å². The van der Waals surface area contributed by atoms with Crippen LogP contribution in [0.15, 0.2) is 0 Å². The molecule has 2 unspecified atom stereocenters. The number of ether oxygens (including phenoxy) is 1. The molecule has 1 aliphatic heterocycles. The number of carbonyl (C=O) groups excluding carboxylic acids is 1. The van der Waals surface area contributed by atoms with Crippen molar-refractivity contribution >= 4 is 11.9 Å². The van der Waals surface area contributed by atoms with Crippen molar-refractivity contribution < 1.29 is 19.4 Å². The third-order valence-corrected chi connectivity index (χ3v) is 3.52. The SMILES string of the molecule is COC(C)CCC(=O)N1CCCCC1CC(=O)O. The van der Waals surface area contributed by atoms with Gasteiger partial charge in [0.25, 0.3) is 0 Å². The Labute approximate surface area is 108 Å². The van der Waals surface area contributed by atoms with Gasteiger partial charge in [0.1, 0.15) is 0 Å². The average molecular weight is 257 g/mol. The van der Waals surface area contributed by atoms with Crippen LogP contribution < -0.4 is 0 Å². The maximum atomic E-state index is 12.1. The van der Waals surface area contributed by atoms with Gasteiger partial charge in [-0.1, -0.05) is 0 Å². The monoisotopic (exact) mass is 257 g/mol. The largest absolute Gasteiger partial charge is 0.481 e. The summed E-state index contributed by atoms with van der Waals surface area (Å²) in [4.78, 5) is 24.6. The van der Waals surface area contributed by atoms with Gasteiger partial charge in [0.05, 0.1) is 12.5 Å². The van der Waals surface area contributed by atoms with Crippen molar-refractivity contribution in [3.63, 3.8) is 0 Å². The summed E-state index contributed by atoms with van der Waals surface area (Å²) in [6.45, 7) is 2.62. The molecule has 5 heteroatoms. The molecule has 0 saturated carbocycles. The summed E-state index contributed by atoms with van der Waals surface area (Å²) in [7, 11) is 1.63. The molecule has 0 aliphatic carbocycles. The first-order valence-corrected chi connectivity index (χ1v) is 6.58. The molecule has 5 nitrogen and oxygen atoms in total. The highest BCUT2D eigenvalue weighted by atomic mass is 16.5. The number of aliphatic carboxylic acids is 1. The molecule has 104 valence electrons. The minimum absolute atomic E-state index is 0.0600. The molecule has 1 aliphatic rings. The Morgan fingerprint density at radius 3 is 2.78 bits per heavy atom. The third-order valence-electron chi connectivity index (χ3n) is 3.52. The second-order valence-electron chi connectivity index (χ2n) is 4.92. The first-order valence-electron chi connectivity index (χ1n) is 6.58. The molecule has 0 aromatic heterocycles. The van der Waals surface area contributed by atoms with Crippen LogP contribution in [-0.2, 0) is 14.3 Å². The van der Waals surface area contributed by atoms with Crippen LogP contribution in [0.1, 0.15) is 45.4 Å². The van der Waals surface area contributed by atoms with E-state index in [1.807, 2.05) is 6.92 Å². The Morgan fingerprint density at radius 2 is 2.17 bits per heavy atom. The lowest BCUT2D eigenvalue weighted by Gasteiger charge is -2.35. The summed E-state index contributed by atoms with van der Waals surface area (Å²) in [6, 6.07) is -0.124. The summed E-state index contributed by atoms with van der Waals surface area (Å²) < 4.78 is 5.11. The molecule has 1 N–H and O–H groups in total. The number of piperidine rings is 1. The molecular formula is C13H23NO4. The summed E-state index contributed by atoms with van der Waals surface area (Å²) in [6.07, 6.45) is 4.04. The van der Waals surface area contributed by atoms with Crippen molar-refractivity contribution in [2.24, 2.45) is 0 Å². The Balaban J connectivity index is 2.49. The van der Waals surface area contributed by atoms with E-state index in [-0.39, 0.29) is 24.5 Å². The van der Waals surface area contributed by atoms with Crippen LogP contribution in [0.4, 0.5) is 0 Å². The average Bonchev–Trinajstić information content (AvgIpc) is 2.35. The van der Waals surface area contributed by atoms with Crippen LogP contribution in [0, 0.1) is 0 Å². The molecule has 1 amide bonds. The van der Waals surface area contributed by atoms with E-state index in [9.17, 15) is 9.59 Å². The quantitative estimate of drug-likeness (QED) is 0.785. The maximum absolute atomic E-state index is 12.1. The third kappa shape index (κ3) is 4.64. The molecular weight excluding hydrogens is 234 g/mol. The molecule has 0 spiro atoms. The minimum atomic E-state index is -0.829. The van der Waals surface area contributed by atoms with Gasteiger partial charge in [0.15, 0.2) is 0 Å². The van der Waals surface area contributed by atoms with Crippen LogP contribution in [0.2, 0.25) is 0 Å². The zero-order chi connectivity index (χ0) is 13.5. The second-order valence-corrected chi connectivity index (χ2v) is 4.92. The number of carboxylic acid groups (broad SMARTS) is 1. The van der Waals surface area contributed by atoms with Crippen molar-refractivity contribution in [1.82, 2.24) is 4.90 Å². The van der Waals surface area contributed by atoms with Gasteiger partial charge in [-0.2, -0.15) is 0 Å². The number of likely N-dealkylation sites (tertiary alicyclic amines) is 1. The first kappa shape index (κ1) is 15.0. The number of hydrogen-bond acceptors (Lipinski definition) is 3. The van der Waals surface area contributed by atoms with Crippen molar-refractivity contribution in [2.45, 2.75) is 57.6 Å². The maximum Gasteiger partial charge on any atom is 0.305 e. The summed E-state index contributed by atoms with van der Waals surface area (Å²) in [5.41, 5.74) is 0. The van der Waals surface area contributed by atoms with Crippen LogP contribution >= 0.6 is 0 Å². The van der Waals surface area contributed by atoms with E-state index in [0.717, 1.165) is 19.3 Å². The van der Waals surface area contributed by atoms with Crippen molar-refractivity contribution in [3.05, 3.63) is 0 Å². The highest BCUT2D eigenvalue weighted by molar-refractivity contribution is 5.77. The van der Waals surface area contributed by atoms with E-state index in [1.165, 1.54) is 0 Å². The lowest BCUT2D eigenvalue weighted by atomic mass is 9.98. The highest BCUT2D eigenvalue weighted by Crippen LogP contribution is 2.21. The Bertz CT molecular complexity index is 293.